The number of aromatic hydroxyl groups is 1. The molecule has 0 spiro atoms. The lowest BCUT2D eigenvalue weighted by Gasteiger charge is -2.50. The molecule has 2 aliphatic carbocycles. The summed E-state index contributed by atoms with van der Waals surface area (Å²) in [5, 5.41) is 11.2. The monoisotopic (exact) mass is 683 g/mol. The summed E-state index contributed by atoms with van der Waals surface area (Å²) >= 11 is 0. The largest absolute Gasteiger partial charge is 0.505 e. The fraction of sp³-hybridized carbons (Fsp3) is 0.244. The molecule has 10 heteroatoms. The van der Waals surface area contributed by atoms with Crippen molar-refractivity contribution in [2.45, 2.75) is 38.0 Å². The van der Waals surface area contributed by atoms with Crippen LogP contribution in [0.3, 0.4) is 0 Å². The fourth-order valence-corrected chi connectivity index (χ4v) is 8.92. The Morgan fingerprint density at radius 3 is 2.24 bits per heavy atom. The minimum Gasteiger partial charge on any atom is -0.505 e. The number of halogens is 1. The van der Waals surface area contributed by atoms with Crippen LogP contribution in [-0.2, 0) is 24.6 Å². The van der Waals surface area contributed by atoms with E-state index in [1.165, 1.54) is 19.1 Å². The Hall–Kier alpha value is -5.90. The van der Waals surface area contributed by atoms with Gasteiger partial charge in [-0.1, -0.05) is 65.7 Å². The molecule has 4 aliphatic rings. The number of fused-ring (bicyclic) bond motifs is 4. The number of anilines is 2. The van der Waals surface area contributed by atoms with Crippen LogP contribution in [0.15, 0.2) is 109 Å². The first-order chi connectivity index (χ1) is 24.5. The van der Waals surface area contributed by atoms with Gasteiger partial charge in [-0.3, -0.25) is 34.3 Å². The highest BCUT2D eigenvalue weighted by Gasteiger charge is 2.70. The summed E-state index contributed by atoms with van der Waals surface area (Å²) in [6.45, 7) is 3.36. The molecule has 2 aliphatic heterocycles. The molecule has 1 saturated carbocycles. The van der Waals surface area contributed by atoms with E-state index in [4.69, 9.17) is 0 Å². The number of aryl methyl sites for hydroxylation is 1. The van der Waals surface area contributed by atoms with Crippen molar-refractivity contribution >= 4 is 40.8 Å². The first-order valence-corrected chi connectivity index (χ1v) is 17.0. The van der Waals surface area contributed by atoms with E-state index in [1.807, 2.05) is 31.2 Å². The van der Waals surface area contributed by atoms with Gasteiger partial charge >= 0.3 is 0 Å². The summed E-state index contributed by atoms with van der Waals surface area (Å²) in [4.78, 5) is 71.3. The average molecular weight is 684 g/mol. The zero-order valence-corrected chi connectivity index (χ0v) is 27.9. The Kier molecular flexibility index (Phi) is 7.52. The number of rotatable bonds is 6. The third kappa shape index (κ3) is 4.76. The van der Waals surface area contributed by atoms with Crippen LogP contribution in [0.4, 0.5) is 15.8 Å². The van der Waals surface area contributed by atoms with E-state index in [2.05, 4.69) is 5.43 Å². The number of allylic oxidation sites excluding steroid dienone is 2. The predicted molar refractivity (Wildman–Crippen MR) is 186 cm³/mol. The van der Waals surface area contributed by atoms with Gasteiger partial charge in [0.25, 0.3) is 11.8 Å². The maximum atomic E-state index is 15.3. The number of nitrogens with zero attached hydrogens (tertiary/aromatic N) is 2. The maximum absolute atomic E-state index is 15.3. The number of nitrogens with one attached hydrogen (secondary N) is 1. The van der Waals surface area contributed by atoms with Gasteiger partial charge in [0.1, 0.15) is 0 Å². The number of hydrogen-bond acceptors (Lipinski definition) is 7. The van der Waals surface area contributed by atoms with Crippen LogP contribution in [0.5, 0.6) is 5.75 Å². The highest BCUT2D eigenvalue weighted by Crippen LogP contribution is 2.64. The van der Waals surface area contributed by atoms with Crippen LogP contribution < -0.4 is 10.3 Å². The summed E-state index contributed by atoms with van der Waals surface area (Å²) in [6.07, 6.45) is 2.18. The Balaban J connectivity index is 1.29. The van der Waals surface area contributed by atoms with Crippen molar-refractivity contribution in [2.75, 3.05) is 10.3 Å². The van der Waals surface area contributed by atoms with Crippen molar-refractivity contribution in [3.8, 4) is 5.75 Å². The SMILES string of the molecule is CC(=O)c1ccc(N2C(=O)[C@H]3[C@H](CC=C4[C@H]3C[C@H]3C(=O)N(Nc5ccc(C)cc5)C(=O)[C@@]3(c3ccccc3)[C@H]4c3ccc(O)c(F)c3)C2=O)cc1. The molecule has 51 heavy (non-hydrogen) atoms. The van der Waals surface area contributed by atoms with Crippen LogP contribution in [0.2, 0.25) is 0 Å². The summed E-state index contributed by atoms with van der Waals surface area (Å²) in [5.74, 6) is -7.53. The summed E-state index contributed by atoms with van der Waals surface area (Å²) in [5.41, 5.74) is 5.39. The molecule has 0 aromatic heterocycles. The van der Waals surface area contributed by atoms with Crippen LogP contribution in [0.1, 0.15) is 52.7 Å². The number of carbonyl (C=O) groups is 5. The summed E-state index contributed by atoms with van der Waals surface area (Å²) in [6, 6.07) is 26.5. The highest BCUT2D eigenvalue weighted by atomic mass is 19.1. The molecular formula is C41H34FN3O6. The Labute approximate surface area is 293 Å². The molecule has 4 aromatic carbocycles. The first kappa shape index (κ1) is 32.3. The number of imide groups is 2. The fourth-order valence-electron chi connectivity index (χ4n) is 8.92. The molecule has 8 rings (SSSR count). The van der Waals surface area contributed by atoms with Crippen molar-refractivity contribution in [1.29, 1.82) is 0 Å². The molecule has 0 bridgehead atoms. The van der Waals surface area contributed by atoms with Gasteiger partial charge in [0.2, 0.25) is 11.8 Å². The van der Waals surface area contributed by atoms with Gasteiger partial charge < -0.3 is 5.11 Å². The van der Waals surface area contributed by atoms with Crippen molar-refractivity contribution in [3.63, 3.8) is 0 Å². The third-order valence-electron chi connectivity index (χ3n) is 11.2. The molecule has 9 nitrogen and oxygen atoms in total. The quantitative estimate of drug-likeness (QED) is 0.140. The molecular weight excluding hydrogens is 649 g/mol. The van der Waals surface area contributed by atoms with E-state index in [1.54, 1.807) is 66.7 Å². The Morgan fingerprint density at radius 1 is 0.863 bits per heavy atom. The Bertz CT molecular complexity index is 2170. The molecule has 2 saturated heterocycles. The highest BCUT2D eigenvalue weighted by molar-refractivity contribution is 6.22. The molecule has 256 valence electrons. The second-order valence-electron chi connectivity index (χ2n) is 13.9. The molecule has 0 unspecified atom stereocenters. The second-order valence-corrected chi connectivity index (χ2v) is 13.9. The topological polar surface area (TPSA) is 124 Å². The molecule has 2 N–H and O–H groups in total. The van der Waals surface area contributed by atoms with E-state index in [9.17, 15) is 24.3 Å². The van der Waals surface area contributed by atoms with E-state index in [0.717, 1.165) is 15.5 Å². The van der Waals surface area contributed by atoms with Crippen molar-refractivity contribution in [2.24, 2.45) is 23.7 Å². The van der Waals surface area contributed by atoms with Crippen molar-refractivity contribution in [1.82, 2.24) is 5.01 Å². The number of ketones is 1. The standard InChI is InChI=1S/C41H34FN3O6/c1-22-8-13-27(14-9-22)43-45-38(49)32-21-31-29(17-18-30-35(31)39(50)44(37(30)48)28-15-10-24(11-16-28)23(2)46)36(25-12-19-34(47)33(42)20-25)41(32,40(45)51)26-6-4-3-5-7-26/h3-17,19-20,30-32,35-36,43,47H,18,21H2,1-2H3/t30-,31+,32-,35-,36-,41+/m0/s1. The molecule has 2 heterocycles. The molecule has 4 amide bonds. The molecule has 0 radical (unpaired) electrons. The van der Waals surface area contributed by atoms with E-state index in [0.29, 0.717) is 33.6 Å². The van der Waals surface area contributed by atoms with Gasteiger partial charge in [0, 0.05) is 11.5 Å². The summed E-state index contributed by atoms with van der Waals surface area (Å²) < 4.78 is 15.3. The van der Waals surface area contributed by atoms with Crippen LogP contribution >= 0.6 is 0 Å². The van der Waals surface area contributed by atoms with E-state index >= 15 is 9.18 Å². The van der Waals surface area contributed by atoms with Gasteiger partial charge in [0.05, 0.1) is 34.5 Å². The zero-order valence-electron chi connectivity index (χ0n) is 27.9. The van der Waals surface area contributed by atoms with Crippen molar-refractivity contribution < 1.29 is 33.5 Å². The number of carbonyl (C=O) groups excluding carboxylic acids is 5. The van der Waals surface area contributed by atoms with Gasteiger partial charge in [-0.2, -0.15) is 5.01 Å². The summed E-state index contributed by atoms with van der Waals surface area (Å²) in [7, 11) is 0. The smallest absolute Gasteiger partial charge is 0.260 e. The lowest BCUT2D eigenvalue weighted by molar-refractivity contribution is -0.138. The minimum absolute atomic E-state index is 0.0890. The number of benzene rings is 4. The van der Waals surface area contributed by atoms with Crippen molar-refractivity contribution in [3.05, 3.63) is 137 Å². The third-order valence-corrected chi connectivity index (χ3v) is 11.2. The predicted octanol–water partition coefficient (Wildman–Crippen LogP) is 6.23. The van der Waals surface area contributed by atoms with Gasteiger partial charge in [-0.25, -0.2) is 4.39 Å². The normalized spacial score (nSPS) is 26.8. The van der Waals surface area contributed by atoms with Crippen LogP contribution in [0.25, 0.3) is 0 Å². The number of Topliss-reactive ketones (excluding diaryl/α,β-unsaturated/α-hetero) is 1. The Morgan fingerprint density at radius 2 is 1.57 bits per heavy atom. The number of phenols is 1. The number of hydrazine groups is 1. The molecule has 6 atom stereocenters. The zero-order chi connectivity index (χ0) is 35.8. The van der Waals surface area contributed by atoms with E-state index < -0.39 is 64.3 Å². The second kappa shape index (κ2) is 11.9. The average Bonchev–Trinajstić information content (AvgIpc) is 3.51. The number of phenolic OH excluding ortho intramolecular Hbond substituents is 1. The maximum Gasteiger partial charge on any atom is 0.260 e. The number of amides is 4. The van der Waals surface area contributed by atoms with Crippen LogP contribution in [0, 0.1) is 36.4 Å². The van der Waals surface area contributed by atoms with Gasteiger partial charge in [-0.15, -0.1) is 0 Å². The minimum atomic E-state index is -1.55. The van der Waals surface area contributed by atoms with E-state index in [-0.39, 0.29) is 24.5 Å². The lowest BCUT2D eigenvalue weighted by Crippen LogP contribution is -2.53. The van der Waals surface area contributed by atoms with Gasteiger partial charge in [0.15, 0.2) is 17.3 Å². The molecule has 4 aromatic rings. The van der Waals surface area contributed by atoms with Gasteiger partial charge in [-0.05, 0) is 92.3 Å². The first-order valence-electron chi connectivity index (χ1n) is 17.0. The number of hydrogen-bond donors (Lipinski definition) is 2. The lowest BCUT2D eigenvalue weighted by atomic mass is 9.49. The molecule has 3 fully saturated rings. The van der Waals surface area contributed by atoms with Crippen LogP contribution in [-0.4, -0.2) is 39.5 Å².